The summed E-state index contributed by atoms with van der Waals surface area (Å²) in [6.07, 6.45) is 2.02. The minimum absolute atomic E-state index is 0.0685. The lowest BCUT2D eigenvalue weighted by Gasteiger charge is -2.36. The van der Waals surface area contributed by atoms with Crippen LogP contribution in [0.25, 0.3) is 131 Å². The molecule has 0 aliphatic heterocycles. The number of fused-ring (bicyclic) bond motifs is 28. The fraction of sp³-hybridized carbons (Fsp3) is 0.168. The van der Waals surface area contributed by atoms with Gasteiger partial charge in [-0.2, -0.15) is 0 Å². The van der Waals surface area contributed by atoms with Gasteiger partial charge in [0, 0.05) is 106 Å². The first kappa shape index (κ1) is 100. The molecule has 24 rings (SSSR count). The summed E-state index contributed by atoms with van der Waals surface area (Å²) < 4.78 is 36.4. The second kappa shape index (κ2) is 40.0. The second-order valence-corrected chi connectivity index (χ2v) is 40.1. The van der Waals surface area contributed by atoms with Crippen LogP contribution in [0.1, 0.15) is 176 Å². The van der Waals surface area contributed by atoms with E-state index in [0.717, 1.165) is 160 Å². The highest BCUT2D eigenvalue weighted by molar-refractivity contribution is 6.07. The van der Waals surface area contributed by atoms with Gasteiger partial charge in [-0.3, -0.25) is 0 Å². The molecule has 12 nitrogen and oxygen atoms in total. The standard InChI is InChI=1S/C24H22O2.3C23H20O2.2C22H18O2/c1-15(2)23(25)26-24(16(3)4)21-12-8-7-11-19(21)20-14-13-17-9-5-6-10-18(17)22(20)24;1-4-23(25-22(24)15(2)3)20-12-8-7-11-18(20)19-13-16-9-5-6-10-17(16)14-21(19)23;1-4-23(25-22(24)15(2)3)20-12-8-7-11-18(20)19-14-13-16-9-5-6-10-17(16)21(19)23;1-4-23(25-22(24)15(2)3)19-12-8-7-11-18(19)21-17-10-6-5-9-16(17)13-14-20(21)23;1-14(2)21(23)24-22(3)19-11-7-6-10-17(19)18-12-15-8-4-5-9-16(15)13-20(18)22;1-14(2)21(23)24-22(3)18-11-7-6-10-17(18)20-16-9-5-4-8-15(16)12-13-19(20)22/h5-14,16H,1H2,2-4H3;3*5-14H,2,4H2,1,3H3;2*4-13H,1H2,2-3H3. The third kappa shape index (κ3) is 17.1. The van der Waals surface area contributed by atoms with E-state index in [4.69, 9.17) is 28.4 Å². The van der Waals surface area contributed by atoms with Gasteiger partial charge in [-0.1, -0.05) is 414 Å². The zero-order valence-corrected chi connectivity index (χ0v) is 86.5. The van der Waals surface area contributed by atoms with Gasteiger partial charge in [-0.05, 0) is 230 Å². The Morgan fingerprint density at radius 1 is 0.221 bits per heavy atom. The summed E-state index contributed by atoms with van der Waals surface area (Å²) in [5.41, 5.74) is 24.0. The molecule has 0 aromatic heterocycles. The highest BCUT2D eigenvalue weighted by Gasteiger charge is 2.54. The van der Waals surface area contributed by atoms with Crippen LogP contribution in [-0.4, -0.2) is 35.8 Å². The molecule has 0 radical (unpaired) electrons. The van der Waals surface area contributed by atoms with E-state index in [1.54, 1.807) is 41.5 Å². The van der Waals surface area contributed by atoms with Crippen LogP contribution >= 0.6 is 0 Å². The number of benzene rings is 18. The van der Waals surface area contributed by atoms with E-state index in [2.05, 4.69) is 286 Å². The molecule has 0 saturated carbocycles. The molecule has 0 amide bonds. The Kier molecular flexibility index (Phi) is 26.9. The van der Waals surface area contributed by atoms with Gasteiger partial charge < -0.3 is 28.4 Å². The molecule has 738 valence electrons. The summed E-state index contributed by atoms with van der Waals surface area (Å²) in [4.78, 5) is 74.5. The van der Waals surface area contributed by atoms with Crippen molar-refractivity contribution >= 4 is 100 Å². The van der Waals surface area contributed by atoms with Crippen LogP contribution in [0.4, 0.5) is 0 Å². The number of esters is 6. The molecular formula is C137H118O12. The van der Waals surface area contributed by atoms with E-state index in [-0.39, 0.29) is 41.7 Å². The van der Waals surface area contributed by atoms with Crippen LogP contribution in [-0.2, 0) is 90.8 Å². The Morgan fingerprint density at radius 3 is 0.919 bits per heavy atom. The molecule has 12 heteroatoms. The van der Waals surface area contributed by atoms with Gasteiger partial charge in [0.1, 0.15) is 0 Å². The normalized spacial score (nSPS) is 17.9. The summed E-state index contributed by atoms with van der Waals surface area (Å²) in [5.74, 6) is -2.07. The van der Waals surface area contributed by atoms with Crippen molar-refractivity contribution in [3.05, 3.63) is 504 Å². The van der Waals surface area contributed by atoms with Gasteiger partial charge in [-0.15, -0.1) is 0 Å². The van der Waals surface area contributed by atoms with E-state index >= 15 is 0 Å². The van der Waals surface area contributed by atoms with Gasteiger partial charge in [0.25, 0.3) is 0 Å². The minimum Gasteiger partial charge on any atom is -0.446 e. The van der Waals surface area contributed by atoms with Crippen molar-refractivity contribution in [3.63, 3.8) is 0 Å². The molecule has 0 fully saturated rings. The summed E-state index contributed by atoms with van der Waals surface area (Å²) >= 11 is 0. The van der Waals surface area contributed by atoms with Crippen LogP contribution in [0.3, 0.4) is 0 Å². The van der Waals surface area contributed by atoms with Crippen LogP contribution < -0.4 is 0 Å². The largest absolute Gasteiger partial charge is 0.446 e. The van der Waals surface area contributed by atoms with Crippen molar-refractivity contribution in [2.45, 2.75) is 143 Å². The van der Waals surface area contributed by atoms with Gasteiger partial charge >= 0.3 is 35.8 Å². The van der Waals surface area contributed by atoms with Gasteiger partial charge in [0.2, 0.25) is 0 Å². The van der Waals surface area contributed by atoms with Crippen LogP contribution in [0.15, 0.2) is 437 Å². The monoisotopic (exact) mass is 1950 g/mol. The fourth-order valence-electron chi connectivity index (χ4n) is 22.9. The Bertz CT molecular complexity index is 8580. The minimum atomic E-state index is -0.817. The van der Waals surface area contributed by atoms with Gasteiger partial charge in [-0.25, -0.2) is 28.8 Å². The number of rotatable bonds is 16. The van der Waals surface area contributed by atoms with Crippen molar-refractivity contribution in [1.29, 1.82) is 0 Å². The van der Waals surface area contributed by atoms with Crippen molar-refractivity contribution in [2.75, 3.05) is 0 Å². The van der Waals surface area contributed by atoms with Crippen LogP contribution in [0, 0.1) is 5.92 Å². The lowest BCUT2D eigenvalue weighted by atomic mass is 9.79. The first-order valence-corrected chi connectivity index (χ1v) is 50.8. The van der Waals surface area contributed by atoms with Crippen LogP contribution in [0.2, 0.25) is 0 Å². The highest BCUT2D eigenvalue weighted by Crippen LogP contribution is 2.61. The average molecular weight is 1960 g/mol. The van der Waals surface area contributed by atoms with E-state index < -0.39 is 33.6 Å². The maximum Gasteiger partial charge on any atom is 0.334 e. The Hall–Kier alpha value is -17.2. The number of carbonyl (C=O) groups is 6. The zero-order valence-electron chi connectivity index (χ0n) is 86.5. The Balaban J connectivity index is 0.000000112. The summed E-state index contributed by atoms with van der Waals surface area (Å²) in [7, 11) is 0. The van der Waals surface area contributed by atoms with Crippen molar-refractivity contribution in [3.8, 4) is 66.8 Å². The van der Waals surface area contributed by atoms with E-state index in [1.165, 1.54) is 37.9 Å². The van der Waals surface area contributed by atoms with Gasteiger partial charge in [0.15, 0.2) is 33.6 Å². The van der Waals surface area contributed by atoms with Crippen molar-refractivity contribution in [1.82, 2.24) is 0 Å². The first-order valence-electron chi connectivity index (χ1n) is 50.8. The smallest absolute Gasteiger partial charge is 0.334 e. The van der Waals surface area contributed by atoms with Crippen molar-refractivity contribution < 1.29 is 57.2 Å². The molecule has 6 unspecified atom stereocenters. The van der Waals surface area contributed by atoms with Crippen molar-refractivity contribution in [2.24, 2.45) is 5.92 Å². The number of hydrogen-bond acceptors (Lipinski definition) is 12. The average Bonchev–Trinajstić information content (AvgIpc) is 1.53. The molecule has 149 heavy (non-hydrogen) atoms. The predicted octanol–water partition coefficient (Wildman–Crippen LogP) is 33.0. The van der Waals surface area contributed by atoms with E-state index in [0.29, 0.717) is 52.7 Å². The number of carbonyl (C=O) groups excluding carboxylic acids is 6. The molecule has 6 aliphatic carbocycles. The molecule has 6 atom stereocenters. The zero-order chi connectivity index (χ0) is 105. The van der Waals surface area contributed by atoms with E-state index in [9.17, 15) is 28.8 Å². The predicted molar refractivity (Wildman–Crippen MR) is 603 cm³/mol. The topological polar surface area (TPSA) is 158 Å². The molecule has 0 N–H and O–H groups in total. The SMILES string of the molecule is C=C(C)C(=O)OC1(C(C)C)c2ccccc2-c2ccc3ccccc3c21.C=C(C)C(=O)OC1(C)c2ccccc2-c2c1ccc1ccccc21.C=C(C)C(=O)OC1(C)c2ccccc2-c2cc3ccccc3cc21.C=C(C)C(=O)OC1(CC)c2ccccc2-c2c1ccc1ccccc21.C=C(C)C(=O)OC1(CC)c2ccccc2-c2cc3ccccc3cc21.C=C(C)C(=O)OC1(CC)c2ccccc2-c2ccc3ccccc3c21. The first-order chi connectivity index (χ1) is 71.7. The highest BCUT2D eigenvalue weighted by atomic mass is 16.6. The van der Waals surface area contributed by atoms with Gasteiger partial charge in [0.05, 0.1) is 0 Å². The lowest BCUT2D eigenvalue weighted by Crippen LogP contribution is -2.37. The molecule has 0 saturated heterocycles. The maximum absolute atomic E-state index is 12.6. The molecule has 0 bridgehead atoms. The summed E-state index contributed by atoms with van der Waals surface area (Å²) in [6, 6.07) is 125. The molecule has 0 spiro atoms. The molecule has 6 aliphatic rings. The quantitative estimate of drug-likeness (QED) is 0.0513. The summed E-state index contributed by atoms with van der Waals surface area (Å²) in [5, 5.41) is 14.0. The second-order valence-electron chi connectivity index (χ2n) is 40.1. The maximum atomic E-state index is 12.6. The third-order valence-electron chi connectivity index (χ3n) is 30.2. The molecule has 18 aromatic carbocycles. The molecule has 0 heterocycles. The molecule has 18 aromatic rings. The third-order valence-corrected chi connectivity index (χ3v) is 30.2. The summed E-state index contributed by atoms with van der Waals surface area (Å²) in [6.45, 7) is 46.9. The van der Waals surface area contributed by atoms with E-state index in [1.807, 2.05) is 166 Å². The Labute approximate surface area is 871 Å². The fourth-order valence-corrected chi connectivity index (χ4v) is 22.9. The number of ether oxygens (including phenoxy) is 6. The van der Waals surface area contributed by atoms with Crippen LogP contribution in [0.5, 0.6) is 0 Å². The Morgan fingerprint density at radius 2 is 0.483 bits per heavy atom. The number of hydrogen-bond donors (Lipinski definition) is 0. The lowest BCUT2D eigenvalue weighted by molar-refractivity contribution is -0.156. The molecular weight excluding hydrogens is 1840 g/mol.